The highest BCUT2D eigenvalue weighted by Crippen LogP contribution is 2.19. The zero-order valence-corrected chi connectivity index (χ0v) is 8.22. The van der Waals surface area contributed by atoms with E-state index in [0.29, 0.717) is 6.04 Å². The molecule has 1 rings (SSSR count). The van der Waals surface area contributed by atoms with Crippen molar-refractivity contribution in [3.63, 3.8) is 0 Å². The lowest BCUT2D eigenvalue weighted by molar-refractivity contribution is 0.354. The van der Waals surface area contributed by atoms with Crippen LogP contribution in [0.4, 0.5) is 0 Å². The van der Waals surface area contributed by atoms with E-state index in [4.69, 9.17) is 5.41 Å². The first-order valence-electron chi connectivity index (χ1n) is 4.71. The van der Waals surface area contributed by atoms with Gasteiger partial charge in [0.05, 0.1) is 6.04 Å². The van der Waals surface area contributed by atoms with Gasteiger partial charge in [0, 0.05) is 18.7 Å². The molecule has 12 heavy (non-hydrogen) atoms. The highest BCUT2D eigenvalue weighted by molar-refractivity contribution is 5.89. The molecule has 1 heterocycles. The second-order valence-corrected chi connectivity index (χ2v) is 3.35. The molecule has 0 aliphatic carbocycles. The van der Waals surface area contributed by atoms with Crippen molar-refractivity contribution in [2.24, 2.45) is 0 Å². The number of nitrogens with zero attached hydrogens (tertiary/aromatic N) is 1. The summed E-state index contributed by atoms with van der Waals surface area (Å²) in [5.41, 5.74) is 2.25. The molecule has 2 heteroatoms. The molecule has 0 spiro atoms. The normalized spacial score (nSPS) is 24.2. The fraction of sp³-hybridized carbons (Fsp3) is 0.700. The van der Waals surface area contributed by atoms with Crippen LogP contribution in [0.3, 0.4) is 0 Å². The average molecular weight is 166 g/mol. The van der Waals surface area contributed by atoms with Crippen molar-refractivity contribution in [1.29, 1.82) is 5.41 Å². The van der Waals surface area contributed by atoms with E-state index in [1.54, 1.807) is 0 Å². The molecule has 2 nitrogen and oxygen atoms in total. The Kier molecular flexibility index (Phi) is 2.90. The zero-order chi connectivity index (χ0) is 9.14. The lowest BCUT2D eigenvalue weighted by atomic mass is 9.98. The van der Waals surface area contributed by atoms with Crippen molar-refractivity contribution in [3.8, 4) is 0 Å². The summed E-state index contributed by atoms with van der Waals surface area (Å²) in [5.74, 6) is 0. The molecule has 0 saturated carbocycles. The third kappa shape index (κ3) is 1.68. The van der Waals surface area contributed by atoms with Gasteiger partial charge >= 0.3 is 0 Å². The number of rotatable bonds is 2. The molecule has 0 aromatic heterocycles. The minimum absolute atomic E-state index is 0.310. The molecular formula is C10H18N2. The Balaban J connectivity index is 2.78. The van der Waals surface area contributed by atoms with Crippen molar-refractivity contribution < 1.29 is 0 Å². The van der Waals surface area contributed by atoms with Gasteiger partial charge in [-0.25, -0.2) is 0 Å². The van der Waals surface area contributed by atoms with E-state index >= 15 is 0 Å². The molecule has 0 fully saturated rings. The van der Waals surface area contributed by atoms with Gasteiger partial charge in [-0.3, -0.25) is 0 Å². The lowest BCUT2D eigenvalue weighted by Crippen LogP contribution is -2.38. The summed E-state index contributed by atoms with van der Waals surface area (Å²) in [7, 11) is 0. The van der Waals surface area contributed by atoms with Crippen LogP contribution in [0.1, 0.15) is 33.6 Å². The Labute approximate surface area is 74.8 Å². The molecule has 0 amide bonds. The minimum Gasteiger partial charge on any atom is -0.370 e. The summed E-state index contributed by atoms with van der Waals surface area (Å²) in [6.45, 7) is 7.41. The van der Waals surface area contributed by atoms with Crippen molar-refractivity contribution in [2.45, 2.75) is 39.7 Å². The first-order valence-corrected chi connectivity index (χ1v) is 4.71. The molecule has 68 valence electrons. The Morgan fingerprint density at radius 1 is 1.58 bits per heavy atom. The maximum Gasteiger partial charge on any atom is 0.0637 e. The highest BCUT2D eigenvalue weighted by Gasteiger charge is 2.19. The predicted molar refractivity (Wildman–Crippen MR) is 52.6 cm³/mol. The van der Waals surface area contributed by atoms with Crippen molar-refractivity contribution in [2.75, 3.05) is 6.54 Å². The van der Waals surface area contributed by atoms with Crippen LogP contribution in [0.15, 0.2) is 11.8 Å². The van der Waals surface area contributed by atoms with Gasteiger partial charge in [0.15, 0.2) is 0 Å². The first-order chi connectivity index (χ1) is 5.69. The standard InChI is InChI=1S/C10H18N2/c1-4-9-6-10(11)8(3)12(5-2)7-9/h7-8,11H,4-6H2,1-3H3. The average Bonchev–Trinajstić information content (AvgIpc) is 2.09. The first kappa shape index (κ1) is 9.30. The number of hydrogen-bond donors (Lipinski definition) is 1. The van der Waals surface area contributed by atoms with Crippen LogP contribution >= 0.6 is 0 Å². The van der Waals surface area contributed by atoms with Crippen LogP contribution in [0.5, 0.6) is 0 Å². The van der Waals surface area contributed by atoms with Crippen LogP contribution in [0.2, 0.25) is 0 Å². The quantitative estimate of drug-likeness (QED) is 0.670. The molecule has 0 aromatic carbocycles. The van der Waals surface area contributed by atoms with Gasteiger partial charge < -0.3 is 10.3 Å². The van der Waals surface area contributed by atoms with Crippen molar-refractivity contribution in [3.05, 3.63) is 11.8 Å². The summed E-state index contributed by atoms with van der Waals surface area (Å²) < 4.78 is 0. The van der Waals surface area contributed by atoms with Crippen molar-refractivity contribution >= 4 is 5.71 Å². The van der Waals surface area contributed by atoms with E-state index in [2.05, 4.69) is 31.9 Å². The van der Waals surface area contributed by atoms with Crippen molar-refractivity contribution in [1.82, 2.24) is 4.90 Å². The van der Waals surface area contributed by atoms with E-state index < -0.39 is 0 Å². The monoisotopic (exact) mass is 166 g/mol. The van der Waals surface area contributed by atoms with Gasteiger partial charge in [0.1, 0.15) is 0 Å². The summed E-state index contributed by atoms with van der Waals surface area (Å²) in [5, 5.41) is 7.78. The predicted octanol–water partition coefficient (Wildman–Crippen LogP) is 2.41. The molecule has 0 aromatic rings. The Hall–Kier alpha value is -0.790. The van der Waals surface area contributed by atoms with Crippen LogP contribution in [0, 0.1) is 5.41 Å². The molecule has 1 aliphatic heterocycles. The van der Waals surface area contributed by atoms with Crippen LogP contribution in [-0.4, -0.2) is 23.2 Å². The lowest BCUT2D eigenvalue weighted by Gasteiger charge is -2.32. The fourth-order valence-corrected chi connectivity index (χ4v) is 1.57. The molecule has 0 bridgehead atoms. The number of hydrogen-bond acceptors (Lipinski definition) is 2. The summed E-state index contributed by atoms with van der Waals surface area (Å²) in [6, 6.07) is 0.310. The summed E-state index contributed by atoms with van der Waals surface area (Å²) in [6.07, 6.45) is 4.18. The SMILES string of the molecule is CCC1=CN(CC)C(C)C(=N)C1. The van der Waals surface area contributed by atoms with Crippen LogP contribution in [0.25, 0.3) is 0 Å². The largest absolute Gasteiger partial charge is 0.370 e. The van der Waals surface area contributed by atoms with Gasteiger partial charge in [0.2, 0.25) is 0 Å². The molecular weight excluding hydrogens is 148 g/mol. The smallest absolute Gasteiger partial charge is 0.0637 e. The van der Waals surface area contributed by atoms with Gasteiger partial charge in [-0.05, 0) is 32.0 Å². The summed E-state index contributed by atoms with van der Waals surface area (Å²) >= 11 is 0. The second-order valence-electron chi connectivity index (χ2n) is 3.35. The molecule has 1 aliphatic rings. The molecule has 1 unspecified atom stereocenters. The fourth-order valence-electron chi connectivity index (χ4n) is 1.57. The Morgan fingerprint density at radius 2 is 2.25 bits per heavy atom. The minimum atomic E-state index is 0.310. The van der Waals surface area contributed by atoms with E-state index in [9.17, 15) is 0 Å². The van der Waals surface area contributed by atoms with Crippen LogP contribution < -0.4 is 0 Å². The zero-order valence-electron chi connectivity index (χ0n) is 8.22. The maximum absolute atomic E-state index is 7.78. The van der Waals surface area contributed by atoms with Gasteiger partial charge in [-0.2, -0.15) is 0 Å². The molecule has 1 N–H and O–H groups in total. The highest BCUT2D eigenvalue weighted by atomic mass is 15.1. The van der Waals surface area contributed by atoms with Gasteiger partial charge in [-0.15, -0.1) is 0 Å². The molecule has 0 radical (unpaired) electrons. The maximum atomic E-state index is 7.78. The van der Waals surface area contributed by atoms with E-state index in [-0.39, 0.29) is 0 Å². The number of nitrogens with one attached hydrogen (secondary N) is 1. The molecule has 1 atom stereocenters. The van der Waals surface area contributed by atoms with Crippen LogP contribution in [-0.2, 0) is 0 Å². The Morgan fingerprint density at radius 3 is 2.75 bits per heavy atom. The third-order valence-corrected chi connectivity index (χ3v) is 2.59. The van der Waals surface area contributed by atoms with E-state index in [1.807, 2.05) is 0 Å². The van der Waals surface area contributed by atoms with Gasteiger partial charge in [-0.1, -0.05) is 6.92 Å². The third-order valence-electron chi connectivity index (χ3n) is 2.59. The Bertz CT molecular complexity index is 206. The molecule has 0 saturated heterocycles. The van der Waals surface area contributed by atoms with E-state index in [1.165, 1.54) is 5.57 Å². The summed E-state index contributed by atoms with van der Waals surface area (Å²) in [4.78, 5) is 2.24. The van der Waals surface area contributed by atoms with Gasteiger partial charge in [0.25, 0.3) is 0 Å². The number of allylic oxidation sites excluding steroid dienone is 1. The topological polar surface area (TPSA) is 27.1 Å². The van der Waals surface area contributed by atoms with E-state index in [0.717, 1.165) is 25.1 Å². The second kappa shape index (κ2) is 3.74.